The lowest BCUT2D eigenvalue weighted by Crippen LogP contribution is -2.41. The Morgan fingerprint density at radius 1 is 1.19 bits per heavy atom. The highest BCUT2D eigenvalue weighted by atomic mass is 32.2. The maximum atomic E-state index is 13.1. The van der Waals surface area contributed by atoms with Crippen molar-refractivity contribution in [3.8, 4) is 11.3 Å². The lowest BCUT2D eigenvalue weighted by atomic mass is 9.98. The zero-order chi connectivity index (χ0) is 22.2. The predicted molar refractivity (Wildman–Crippen MR) is 118 cm³/mol. The van der Waals surface area contributed by atoms with E-state index >= 15 is 0 Å². The van der Waals surface area contributed by atoms with E-state index < -0.39 is 10.0 Å². The summed E-state index contributed by atoms with van der Waals surface area (Å²) in [4.78, 5) is 17.6. The van der Waals surface area contributed by atoms with E-state index in [1.165, 1.54) is 10.6 Å². The third-order valence-electron chi connectivity index (χ3n) is 5.80. The van der Waals surface area contributed by atoms with Crippen molar-refractivity contribution in [1.29, 1.82) is 0 Å². The van der Waals surface area contributed by atoms with Gasteiger partial charge in [-0.15, -0.1) is 0 Å². The van der Waals surface area contributed by atoms with Crippen LogP contribution in [-0.4, -0.2) is 54.7 Å². The van der Waals surface area contributed by atoms with E-state index in [1.807, 2.05) is 31.2 Å². The van der Waals surface area contributed by atoms with Gasteiger partial charge in [0.15, 0.2) is 0 Å². The standard InChI is InChI=1S/C22H26N4O4S/c1-14-4-6-17(7-5-14)19-12-18(20-15(2)25-30-22(20)24-19)21(27)23-13-16-8-10-26(11-9-16)31(3,28)29/h4-7,12,16H,8-11,13H2,1-3H3,(H,23,27). The van der Waals surface area contributed by atoms with Crippen molar-refractivity contribution >= 4 is 27.0 Å². The van der Waals surface area contributed by atoms with Gasteiger partial charge in [0, 0.05) is 25.2 Å². The molecule has 0 radical (unpaired) electrons. The zero-order valence-corrected chi connectivity index (χ0v) is 18.7. The van der Waals surface area contributed by atoms with Gasteiger partial charge in [0.25, 0.3) is 11.6 Å². The molecule has 3 aromatic rings. The zero-order valence-electron chi connectivity index (χ0n) is 17.9. The van der Waals surface area contributed by atoms with Crippen molar-refractivity contribution in [3.05, 3.63) is 47.2 Å². The minimum Gasteiger partial charge on any atom is -0.352 e. The molecule has 0 spiro atoms. The summed E-state index contributed by atoms with van der Waals surface area (Å²) in [6.45, 7) is 5.27. The van der Waals surface area contributed by atoms with Crippen LogP contribution >= 0.6 is 0 Å². The minimum atomic E-state index is -3.16. The summed E-state index contributed by atoms with van der Waals surface area (Å²) < 4.78 is 30.2. The Kier molecular flexibility index (Phi) is 5.81. The first kappa shape index (κ1) is 21.5. The summed E-state index contributed by atoms with van der Waals surface area (Å²) in [5.41, 5.74) is 4.11. The second-order valence-corrected chi connectivity index (χ2v) is 10.2. The second-order valence-electron chi connectivity index (χ2n) is 8.18. The van der Waals surface area contributed by atoms with Crippen molar-refractivity contribution in [3.63, 3.8) is 0 Å². The monoisotopic (exact) mass is 442 g/mol. The summed E-state index contributed by atoms with van der Waals surface area (Å²) in [7, 11) is -3.16. The van der Waals surface area contributed by atoms with Gasteiger partial charge in [-0.05, 0) is 38.7 Å². The molecule has 31 heavy (non-hydrogen) atoms. The van der Waals surface area contributed by atoms with Crippen LogP contribution in [0.4, 0.5) is 0 Å². The van der Waals surface area contributed by atoms with Crippen LogP contribution in [0.5, 0.6) is 0 Å². The van der Waals surface area contributed by atoms with Crippen LogP contribution in [0.15, 0.2) is 34.9 Å². The van der Waals surface area contributed by atoms with E-state index in [0.29, 0.717) is 47.7 Å². The number of sulfonamides is 1. The van der Waals surface area contributed by atoms with Gasteiger partial charge in [-0.1, -0.05) is 35.0 Å². The fourth-order valence-corrected chi connectivity index (χ4v) is 4.80. The molecule has 2 aromatic heterocycles. The third kappa shape index (κ3) is 4.62. The quantitative estimate of drug-likeness (QED) is 0.651. The third-order valence-corrected chi connectivity index (χ3v) is 7.11. The lowest BCUT2D eigenvalue weighted by molar-refractivity contribution is 0.0943. The molecule has 0 saturated carbocycles. The molecule has 164 valence electrons. The summed E-state index contributed by atoms with van der Waals surface area (Å²) >= 11 is 0. The Bertz CT molecular complexity index is 1210. The molecule has 1 N–H and O–H groups in total. The van der Waals surface area contributed by atoms with Crippen molar-refractivity contribution < 1.29 is 17.7 Å². The molecule has 0 atom stereocenters. The van der Waals surface area contributed by atoms with Gasteiger partial charge in [-0.2, -0.15) is 0 Å². The number of carbonyl (C=O) groups is 1. The van der Waals surface area contributed by atoms with Crippen molar-refractivity contribution in [2.45, 2.75) is 26.7 Å². The summed E-state index contributed by atoms with van der Waals surface area (Å²) in [5.74, 6) is 0.0250. The number of piperidine rings is 1. The number of rotatable bonds is 5. The van der Waals surface area contributed by atoms with E-state index in [9.17, 15) is 13.2 Å². The predicted octanol–water partition coefficient (Wildman–Crippen LogP) is 2.91. The van der Waals surface area contributed by atoms with Crippen molar-refractivity contribution in [2.75, 3.05) is 25.9 Å². The topological polar surface area (TPSA) is 105 Å². The molecule has 1 aromatic carbocycles. The van der Waals surface area contributed by atoms with Gasteiger partial charge >= 0.3 is 0 Å². The fourth-order valence-electron chi connectivity index (χ4n) is 3.92. The maximum absolute atomic E-state index is 13.1. The largest absolute Gasteiger partial charge is 0.352 e. The second kappa shape index (κ2) is 8.39. The van der Waals surface area contributed by atoms with E-state index in [2.05, 4.69) is 15.5 Å². The van der Waals surface area contributed by atoms with Crippen LogP contribution in [0.25, 0.3) is 22.4 Å². The first-order valence-corrected chi connectivity index (χ1v) is 12.1. The number of benzene rings is 1. The molecule has 1 aliphatic rings. The average molecular weight is 443 g/mol. The first-order valence-electron chi connectivity index (χ1n) is 10.3. The first-order chi connectivity index (χ1) is 14.7. The van der Waals surface area contributed by atoms with Crippen LogP contribution < -0.4 is 5.32 Å². The molecule has 1 amide bonds. The number of nitrogens with zero attached hydrogens (tertiary/aromatic N) is 3. The van der Waals surface area contributed by atoms with Crippen LogP contribution in [-0.2, 0) is 10.0 Å². The van der Waals surface area contributed by atoms with Crippen LogP contribution in [0.1, 0.15) is 34.5 Å². The molecule has 8 nitrogen and oxygen atoms in total. The molecule has 3 heterocycles. The van der Waals surface area contributed by atoms with Gasteiger partial charge in [-0.3, -0.25) is 4.79 Å². The van der Waals surface area contributed by atoms with Crippen LogP contribution in [0, 0.1) is 19.8 Å². The van der Waals surface area contributed by atoms with Gasteiger partial charge < -0.3 is 9.84 Å². The number of aromatic nitrogens is 2. The summed E-state index contributed by atoms with van der Waals surface area (Å²) in [6, 6.07) is 9.69. The SMILES string of the molecule is Cc1ccc(-c2cc(C(=O)NCC3CCN(S(C)(=O)=O)CC3)c3c(C)noc3n2)cc1. The Hall–Kier alpha value is -2.78. The Morgan fingerprint density at radius 2 is 1.87 bits per heavy atom. The Morgan fingerprint density at radius 3 is 2.52 bits per heavy atom. The normalized spacial score (nSPS) is 16.0. The summed E-state index contributed by atoms with van der Waals surface area (Å²) in [5, 5.41) is 7.62. The lowest BCUT2D eigenvalue weighted by Gasteiger charge is -2.30. The molecular weight excluding hydrogens is 416 g/mol. The molecular formula is C22H26N4O4S. The van der Waals surface area contributed by atoms with Gasteiger partial charge in [0.2, 0.25) is 10.0 Å². The minimum absolute atomic E-state index is 0.211. The molecule has 1 saturated heterocycles. The number of amides is 1. The maximum Gasteiger partial charge on any atom is 0.259 e. The van der Waals surface area contributed by atoms with Crippen LogP contribution in [0.2, 0.25) is 0 Å². The van der Waals surface area contributed by atoms with E-state index in [1.54, 1.807) is 13.0 Å². The van der Waals surface area contributed by atoms with Gasteiger partial charge in [-0.25, -0.2) is 17.7 Å². The molecule has 0 aliphatic carbocycles. The van der Waals surface area contributed by atoms with Gasteiger partial charge in [0.05, 0.1) is 28.6 Å². The summed E-state index contributed by atoms with van der Waals surface area (Å²) in [6.07, 6.45) is 2.68. The molecule has 4 rings (SSSR count). The number of hydrogen-bond acceptors (Lipinski definition) is 6. The molecule has 1 aliphatic heterocycles. The number of aryl methyl sites for hydroxylation is 2. The number of hydrogen-bond donors (Lipinski definition) is 1. The smallest absolute Gasteiger partial charge is 0.259 e. The number of fused-ring (bicyclic) bond motifs is 1. The van der Waals surface area contributed by atoms with E-state index in [-0.39, 0.29) is 11.8 Å². The highest BCUT2D eigenvalue weighted by molar-refractivity contribution is 7.88. The van der Waals surface area contributed by atoms with Gasteiger partial charge in [0.1, 0.15) is 0 Å². The van der Waals surface area contributed by atoms with E-state index in [4.69, 9.17) is 4.52 Å². The van der Waals surface area contributed by atoms with Crippen molar-refractivity contribution in [2.24, 2.45) is 5.92 Å². The van der Waals surface area contributed by atoms with Crippen LogP contribution in [0.3, 0.4) is 0 Å². The Labute approximate surface area is 181 Å². The highest BCUT2D eigenvalue weighted by Crippen LogP contribution is 2.27. The van der Waals surface area contributed by atoms with Crippen molar-refractivity contribution in [1.82, 2.24) is 19.8 Å². The molecule has 0 unspecified atom stereocenters. The fraction of sp³-hybridized carbons (Fsp3) is 0.409. The number of carbonyl (C=O) groups excluding carboxylic acids is 1. The number of pyridine rings is 1. The Balaban J connectivity index is 1.53. The molecule has 9 heteroatoms. The van der Waals surface area contributed by atoms with E-state index in [0.717, 1.165) is 24.0 Å². The average Bonchev–Trinajstić information content (AvgIpc) is 3.12. The number of nitrogens with one attached hydrogen (secondary N) is 1. The molecule has 0 bridgehead atoms. The molecule has 1 fully saturated rings. The highest BCUT2D eigenvalue weighted by Gasteiger charge is 2.26.